The zero-order valence-corrected chi connectivity index (χ0v) is 13.5. The van der Waals surface area contributed by atoms with E-state index in [1.54, 1.807) is 0 Å². The summed E-state index contributed by atoms with van der Waals surface area (Å²) in [5, 5.41) is 3.57. The van der Waals surface area contributed by atoms with Gasteiger partial charge >= 0.3 is 0 Å². The minimum absolute atomic E-state index is 0. The van der Waals surface area contributed by atoms with Gasteiger partial charge in [0.15, 0.2) is 0 Å². The van der Waals surface area contributed by atoms with E-state index in [-0.39, 0.29) is 12.4 Å². The van der Waals surface area contributed by atoms with Crippen molar-refractivity contribution >= 4 is 18.1 Å². The molecular formula is C17H26ClN3. The van der Waals surface area contributed by atoms with Crippen molar-refractivity contribution in [3.05, 3.63) is 29.3 Å². The van der Waals surface area contributed by atoms with Crippen LogP contribution in [0.2, 0.25) is 0 Å². The molecule has 2 heterocycles. The molecule has 0 aromatic heterocycles. The Kier molecular flexibility index (Phi) is 4.72. The Hall–Kier alpha value is -0.770. The molecule has 1 aromatic rings. The molecule has 21 heavy (non-hydrogen) atoms. The maximum atomic E-state index is 3.57. The van der Waals surface area contributed by atoms with Crippen LogP contribution in [0.3, 0.4) is 0 Å². The van der Waals surface area contributed by atoms with Crippen LogP contribution in [0, 0.1) is 0 Å². The van der Waals surface area contributed by atoms with Crippen LogP contribution in [0.1, 0.15) is 30.4 Å². The van der Waals surface area contributed by atoms with E-state index in [1.807, 2.05) is 0 Å². The summed E-state index contributed by atoms with van der Waals surface area (Å²) in [5.74, 6) is 0. The third kappa shape index (κ3) is 3.05. The Bertz CT molecular complexity index is 479. The molecule has 1 aromatic carbocycles. The monoisotopic (exact) mass is 307 g/mol. The number of piperazine rings is 1. The number of para-hydroxylation sites is 1. The van der Waals surface area contributed by atoms with Gasteiger partial charge in [-0.1, -0.05) is 24.6 Å². The predicted octanol–water partition coefficient (Wildman–Crippen LogP) is 2.75. The summed E-state index contributed by atoms with van der Waals surface area (Å²) in [6, 6.07) is 7.72. The molecule has 4 heteroatoms. The molecule has 3 nitrogen and oxygen atoms in total. The van der Waals surface area contributed by atoms with E-state index < -0.39 is 0 Å². The molecule has 0 unspecified atom stereocenters. The summed E-state index contributed by atoms with van der Waals surface area (Å²) in [6.07, 6.45) is 5.53. The Morgan fingerprint density at radius 1 is 1.10 bits per heavy atom. The lowest BCUT2D eigenvalue weighted by Gasteiger charge is -2.43. The van der Waals surface area contributed by atoms with E-state index in [1.165, 1.54) is 68.7 Å². The molecule has 2 aliphatic heterocycles. The highest BCUT2D eigenvalue weighted by atomic mass is 35.5. The average Bonchev–Trinajstić information content (AvgIpc) is 2.88. The first kappa shape index (κ1) is 15.1. The fraction of sp³-hybridized carbons (Fsp3) is 0.647. The second kappa shape index (κ2) is 6.55. The Balaban J connectivity index is 0.00000132. The number of nitrogens with one attached hydrogen (secondary N) is 1. The standard InChI is InChI=1S/C17H25N3.ClH/c1-3-14-7-8-18-17(14)15(4-1)13-19-9-11-20(12-10-19)16-5-2-6-16;/h1,3-4,16,18H,2,5-13H2;1H. The molecule has 4 rings (SSSR count). The Labute approximate surface area is 134 Å². The van der Waals surface area contributed by atoms with Crippen molar-refractivity contribution in [1.82, 2.24) is 9.80 Å². The van der Waals surface area contributed by atoms with Gasteiger partial charge in [-0.3, -0.25) is 9.80 Å². The highest BCUT2D eigenvalue weighted by molar-refractivity contribution is 5.85. The first-order valence-electron chi connectivity index (χ1n) is 8.21. The molecule has 1 aliphatic carbocycles. The first-order chi connectivity index (χ1) is 9.90. The number of nitrogens with zero attached hydrogens (tertiary/aromatic N) is 2. The molecule has 0 radical (unpaired) electrons. The summed E-state index contributed by atoms with van der Waals surface area (Å²) in [7, 11) is 0. The molecular weight excluding hydrogens is 282 g/mol. The summed E-state index contributed by atoms with van der Waals surface area (Å²) in [5.41, 5.74) is 4.43. The smallest absolute Gasteiger partial charge is 0.0419 e. The van der Waals surface area contributed by atoms with E-state index >= 15 is 0 Å². The van der Waals surface area contributed by atoms with Gasteiger partial charge in [-0.2, -0.15) is 0 Å². The maximum Gasteiger partial charge on any atom is 0.0419 e. The van der Waals surface area contributed by atoms with Crippen molar-refractivity contribution in [2.45, 2.75) is 38.3 Å². The highest BCUT2D eigenvalue weighted by Gasteiger charge is 2.28. The molecule has 1 saturated heterocycles. The zero-order chi connectivity index (χ0) is 13.4. The van der Waals surface area contributed by atoms with Crippen LogP contribution in [0.15, 0.2) is 18.2 Å². The van der Waals surface area contributed by atoms with E-state index in [0.717, 1.165) is 19.1 Å². The molecule has 3 aliphatic rings. The molecule has 1 saturated carbocycles. The van der Waals surface area contributed by atoms with E-state index in [9.17, 15) is 0 Å². The van der Waals surface area contributed by atoms with Gasteiger partial charge in [0.1, 0.15) is 0 Å². The van der Waals surface area contributed by atoms with Crippen molar-refractivity contribution in [2.24, 2.45) is 0 Å². The minimum atomic E-state index is 0. The number of rotatable bonds is 3. The molecule has 116 valence electrons. The molecule has 1 N–H and O–H groups in total. The van der Waals surface area contributed by atoms with E-state index in [2.05, 4.69) is 33.3 Å². The second-order valence-corrected chi connectivity index (χ2v) is 6.52. The minimum Gasteiger partial charge on any atom is -0.384 e. The SMILES string of the molecule is Cl.c1cc2c(c(CN3CCN(C4CCC4)CC3)c1)NCC2. The number of benzene rings is 1. The van der Waals surface area contributed by atoms with E-state index in [4.69, 9.17) is 0 Å². The van der Waals surface area contributed by atoms with Gasteiger partial charge in [0, 0.05) is 51.0 Å². The van der Waals surface area contributed by atoms with Gasteiger partial charge in [-0.25, -0.2) is 0 Å². The molecule has 0 bridgehead atoms. The van der Waals surface area contributed by atoms with Crippen LogP contribution in [-0.2, 0) is 13.0 Å². The zero-order valence-electron chi connectivity index (χ0n) is 12.7. The lowest BCUT2D eigenvalue weighted by atomic mass is 9.91. The van der Waals surface area contributed by atoms with Gasteiger partial charge in [-0.15, -0.1) is 12.4 Å². The normalized spacial score (nSPS) is 23.0. The second-order valence-electron chi connectivity index (χ2n) is 6.52. The average molecular weight is 308 g/mol. The van der Waals surface area contributed by atoms with Crippen LogP contribution in [0.4, 0.5) is 5.69 Å². The summed E-state index contributed by atoms with van der Waals surface area (Å²) >= 11 is 0. The Morgan fingerprint density at radius 2 is 1.90 bits per heavy atom. The third-order valence-electron chi connectivity index (χ3n) is 5.33. The van der Waals surface area contributed by atoms with Crippen molar-refractivity contribution in [2.75, 3.05) is 38.0 Å². The lowest BCUT2D eigenvalue weighted by molar-refractivity contribution is 0.0588. The number of anilines is 1. The maximum absolute atomic E-state index is 3.57. The summed E-state index contributed by atoms with van der Waals surface area (Å²) < 4.78 is 0. The van der Waals surface area contributed by atoms with Crippen LogP contribution < -0.4 is 5.32 Å². The van der Waals surface area contributed by atoms with Crippen LogP contribution in [0.5, 0.6) is 0 Å². The van der Waals surface area contributed by atoms with Gasteiger partial charge in [0.25, 0.3) is 0 Å². The number of halogens is 1. The summed E-state index contributed by atoms with van der Waals surface area (Å²) in [4.78, 5) is 5.35. The van der Waals surface area contributed by atoms with Gasteiger partial charge in [0.2, 0.25) is 0 Å². The molecule has 0 amide bonds. The van der Waals surface area contributed by atoms with E-state index in [0.29, 0.717) is 0 Å². The fourth-order valence-electron chi connectivity index (χ4n) is 3.82. The van der Waals surface area contributed by atoms with Crippen molar-refractivity contribution in [1.29, 1.82) is 0 Å². The lowest BCUT2D eigenvalue weighted by Crippen LogP contribution is -2.51. The molecule has 0 spiro atoms. The largest absolute Gasteiger partial charge is 0.384 e. The number of hydrogen-bond donors (Lipinski definition) is 1. The van der Waals surface area contributed by atoms with Crippen LogP contribution in [0.25, 0.3) is 0 Å². The van der Waals surface area contributed by atoms with Gasteiger partial charge in [-0.05, 0) is 30.4 Å². The van der Waals surface area contributed by atoms with Gasteiger partial charge in [0.05, 0.1) is 0 Å². The van der Waals surface area contributed by atoms with Crippen LogP contribution >= 0.6 is 12.4 Å². The predicted molar refractivity (Wildman–Crippen MR) is 90.4 cm³/mol. The Morgan fingerprint density at radius 3 is 2.62 bits per heavy atom. The third-order valence-corrected chi connectivity index (χ3v) is 5.33. The fourth-order valence-corrected chi connectivity index (χ4v) is 3.82. The molecule has 2 fully saturated rings. The van der Waals surface area contributed by atoms with Crippen LogP contribution in [-0.4, -0.2) is 48.6 Å². The first-order valence-corrected chi connectivity index (χ1v) is 8.21. The number of hydrogen-bond acceptors (Lipinski definition) is 3. The quantitative estimate of drug-likeness (QED) is 0.926. The van der Waals surface area contributed by atoms with Crippen molar-refractivity contribution < 1.29 is 0 Å². The van der Waals surface area contributed by atoms with Gasteiger partial charge < -0.3 is 5.32 Å². The van der Waals surface area contributed by atoms with Crippen molar-refractivity contribution in [3.63, 3.8) is 0 Å². The highest BCUT2D eigenvalue weighted by Crippen LogP contribution is 2.29. The summed E-state index contributed by atoms with van der Waals surface area (Å²) in [6.45, 7) is 7.25. The topological polar surface area (TPSA) is 18.5 Å². The number of fused-ring (bicyclic) bond motifs is 1. The molecule has 0 atom stereocenters. The van der Waals surface area contributed by atoms with Crippen molar-refractivity contribution in [3.8, 4) is 0 Å².